The molecule has 0 saturated heterocycles. The van der Waals surface area contributed by atoms with Crippen molar-refractivity contribution in [3.8, 4) is 11.8 Å². The Hall–Kier alpha value is -3.12. The number of aryl methyl sites for hydroxylation is 1. The third kappa shape index (κ3) is 4.17. The van der Waals surface area contributed by atoms with Crippen molar-refractivity contribution in [1.29, 1.82) is 5.26 Å². The molecule has 152 valence electrons. The molecule has 8 nitrogen and oxygen atoms in total. The Morgan fingerprint density at radius 3 is 2.52 bits per heavy atom. The van der Waals surface area contributed by atoms with Crippen molar-refractivity contribution < 1.29 is 18.1 Å². The summed E-state index contributed by atoms with van der Waals surface area (Å²) in [4.78, 5) is 10.7. The molecule has 0 radical (unpaired) electrons. The van der Waals surface area contributed by atoms with Gasteiger partial charge in [-0.2, -0.15) is 5.26 Å². The number of hydrogen-bond donors (Lipinski definition) is 0. The summed E-state index contributed by atoms with van der Waals surface area (Å²) in [5.74, 6) is 0.233. The van der Waals surface area contributed by atoms with Gasteiger partial charge in [0.15, 0.2) is 0 Å². The zero-order valence-corrected chi connectivity index (χ0v) is 17.1. The van der Waals surface area contributed by atoms with Gasteiger partial charge in [0.05, 0.1) is 27.8 Å². The number of rotatable bonds is 5. The van der Waals surface area contributed by atoms with Gasteiger partial charge < -0.3 is 4.74 Å². The van der Waals surface area contributed by atoms with Crippen molar-refractivity contribution in [3.05, 3.63) is 58.1 Å². The summed E-state index contributed by atoms with van der Waals surface area (Å²) in [6.45, 7) is 5.31. The Labute approximate surface area is 169 Å². The Morgan fingerprint density at radius 2 is 1.93 bits per heavy atom. The third-order valence-corrected chi connectivity index (χ3v) is 6.53. The number of non-ortho nitro benzene ring substituents is 1. The molecule has 0 aliphatic carbocycles. The summed E-state index contributed by atoms with van der Waals surface area (Å²) in [5, 5.41) is 20.5. The third-order valence-electron chi connectivity index (χ3n) is 4.73. The van der Waals surface area contributed by atoms with Gasteiger partial charge in [-0.05, 0) is 39.0 Å². The normalized spacial score (nSPS) is 16.5. The van der Waals surface area contributed by atoms with E-state index in [1.807, 2.05) is 6.92 Å². The van der Waals surface area contributed by atoms with Gasteiger partial charge in [0.25, 0.3) is 15.7 Å². The van der Waals surface area contributed by atoms with Crippen LogP contribution in [0.15, 0.2) is 47.4 Å². The van der Waals surface area contributed by atoms with Crippen LogP contribution in [0.1, 0.15) is 25.8 Å². The Morgan fingerprint density at radius 1 is 1.28 bits per heavy atom. The first kappa shape index (κ1) is 20.6. The number of ether oxygens (including phenoxy) is 1. The highest BCUT2D eigenvalue weighted by Gasteiger charge is 2.37. The van der Waals surface area contributed by atoms with Crippen LogP contribution in [0.2, 0.25) is 0 Å². The summed E-state index contributed by atoms with van der Waals surface area (Å²) < 4.78 is 33.8. The minimum absolute atomic E-state index is 0.0461. The molecular weight excluding hydrogens is 394 g/mol. The number of nitriles is 1. The van der Waals surface area contributed by atoms with Crippen LogP contribution in [0.25, 0.3) is 0 Å². The molecule has 0 aromatic heterocycles. The Bertz CT molecular complexity index is 1090. The molecule has 0 amide bonds. The van der Waals surface area contributed by atoms with Crippen LogP contribution in [-0.4, -0.2) is 26.0 Å². The van der Waals surface area contributed by atoms with Gasteiger partial charge in [0.1, 0.15) is 17.5 Å². The van der Waals surface area contributed by atoms with Crippen LogP contribution in [-0.2, 0) is 10.0 Å². The second-order valence-electron chi connectivity index (χ2n) is 7.70. The highest BCUT2D eigenvalue weighted by atomic mass is 32.2. The van der Waals surface area contributed by atoms with Crippen molar-refractivity contribution >= 4 is 21.4 Å². The van der Waals surface area contributed by atoms with Crippen LogP contribution in [0, 0.1) is 33.8 Å². The first-order chi connectivity index (χ1) is 13.5. The fraction of sp³-hybridized carbons (Fsp3) is 0.350. The predicted octanol–water partition coefficient (Wildman–Crippen LogP) is 3.80. The molecule has 1 heterocycles. The number of sulfonamides is 1. The fourth-order valence-electron chi connectivity index (χ4n) is 3.20. The molecule has 0 fully saturated rings. The lowest BCUT2D eigenvalue weighted by Crippen LogP contribution is -2.45. The van der Waals surface area contributed by atoms with Gasteiger partial charge in [-0.3, -0.25) is 14.4 Å². The molecule has 0 N–H and O–H groups in total. The maximum Gasteiger partial charge on any atom is 0.271 e. The zero-order chi connectivity index (χ0) is 21.4. The topological polar surface area (TPSA) is 114 Å². The SMILES string of the molecule is Cc1ccc(S(=O)(=O)N2C[C@@H](CC(C)(C)C#N)Oc3ccc([N+](=O)[O-])cc32)cc1. The molecule has 0 saturated carbocycles. The molecule has 29 heavy (non-hydrogen) atoms. The van der Waals surface area contributed by atoms with Gasteiger partial charge in [-0.1, -0.05) is 17.7 Å². The van der Waals surface area contributed by atoms with Crippen LogP contribution < -0.4 is 9.04 Å². The van der Waals surface area contributed by atoms with Gasteiger partial charge in [-0.15, -0.1) is 0 Å². The van der Waals surface area contributed by atoms with E-state index in [-0.39, 0.29) is 28.6 Å². The average Bonchev–Trinajstić information content (AvgIpc) is 2.67. The minimum atomic E-state index is -3.98. The number of hydrogen-bond acceptors (Lipinski definition) is 6. The molecule has 1 aliphatic heterocycles. The summed E-state index contributed by atoms with van der Waals surface area (Å²) in [6.07, 6.45) is -0.265. The van der Waals surface area contributed by atoms with E-state index in [4.69, 9.17) is 4.74 Å². The lowest BCUT2D eigenvalue weighted by atomic mass is 9.88. The first-order valence-corrected chi connectivity index (χ1v) is 10.4. The van der Waals surface area contributed by atoms with Gasteiger partial charge in [-0.25, -0.2) is 8.42 Å². The maximum absolute atomic E-state index is 13.4. The number of fused-ring (bicyclic) bond motifs is 1. The minimum Gasteiger partial charge on any atom is -0.486 e. The molecule has 1 aliphatic rings. The van der Waals surface area contributed by atoms with E-state index < -0.39 is 26.5 Å². The van der Waals surface area contributed by atoms with Gasteiger partial charge in [0, 0.05) is 18.6 Å². The fourth-order valence-corrected chi connectivity index (χ4v) is 4.70. The summed E-state index contributed by atoms with van der Waals surface area (Å²) >= 11 is 0. The van der Waals surface area contributed by atoms with E-state index in [2.05, 4.69) is 6.07 Å². The lowest BCUT2D eigenvalue weighted by Gasteiger charge is -2.37. The summed E-state index contributed by atoms with van der Waals surface area (Å²) in [7, 11) is -3.98. The molecular formula is C20H21N3O5S. The van der Waals surface area contributed by atoms with E-state index in [0.29, 0.717) is 6.42 Å². The predicted molar refractivity (Wildman–Crippen MR) is 107 cm³/mol. The lowest BCUT2D eigenvalue weighted by molar-refractivity contribution is -0.384. The highest BCUT2D eigenvalue weighted by Crippen LogP contribution is 2.41. The number of anilines is 1. The number of benzene rings is 2. The maximum atomic E-state index is 13.4. The Kier molecular flexibility index (Phi) is 5.24. The monoisotopic (exact) mass is 415 g/mol. The van der Waals surface area contributed by atoms with E-state index in [9.17, 15) is 23.8 Å². The molecule has 2 aromatic carbocycles. The van der Waals surface area contributed by atoms with E-state index >= 15 is 0 Å². The molecule has 0 bridgehead atoms. The van der Waals surface area contributed by atoms with Crippen LogP contribution in [0.5, 0.6) is 5.75 Å². The quantitative estimate of drug-likeness (QED) is 0.542. The van der Waals surface area contributed by atoms with Crippen molar-refractivity contribution in [1.82, 2.24) is 0 Å². The van der Waals surface area contributed by atoms with Crippen molar-refractivity contribution in [3.63, 3.8) is 0 Å². The molecule has 3 rings (SSSR count). The van der Waals surface area contributed by atoms with Crippen LogP contribution >= 0.6 is 0 Å². The first-order valence-electron chi connectivity index (χ1n) is 8.99. The number of nitrogens with zero attached hydrogens (tertiary/aromatic N) is 3. The van der Waals surface area contributed by atoms with Crippen LogP contribution in [0.4, 0.5) is 11.4 Å². The standard InChI is InChI=1S/C20H21N3O5S/c1-14-4-7-17(8-5-14)29(26,27)22-12-16(11-20(2,3)13-21)28-19-9-6-15(23(24)25)10-18(19)22/h4-10,16H,11-12H2,1-3H3/t16-/m1/s1. The molecule has 2 aromatic rings. The largest absolute Gasteiger partial charge is 0.486 e. The average molecular weight is 415 g/mol. The number of nitro groups is 1. The van der Waals surface area contributed by atoms with Gasteiger partial charge >= 0.3 is 0 Å². The van der Waals surface area contributed by atoms with Crippen molar-refractivity contribution in [2.75, 3.05) is 10.8 Å². The Balaban J connectivity index is 2.10. The molecule has 9 heteroatoms. The van der Waals surface area contributed by atoms with Crippen LogP contribution in [0.3, 0.4) is 0 Å². The van der Waals surface area contributed by atoms with E-state index in [1.54, 1.807) is 26.0 Å². The summed E-state index contributed by atoms with van der Waals surface area (Å²) in [5.41, 5.74) is 0.0797. The van der Waals surface area contributed by atoms with Gasteiger partial charge in [0.2, 0.25) is 0 Å². The van der Waals surface area contributed by atoms with E-state index in [0.717, 1.165) is 9.87 Å². The molecule has 1 atom stereocenters. The molecule has 0 unspecified atom stereocenters. The zero-order valence-electron chi connectivity index (χ0n) is 16.3. The molecule has 0 spiro atoms. The second kappa shape index (κ2) is 7.37. The highest BCUT2D eigenvalue weighted by molar-refractivity contribution is 7.92. The number of nitro benzene ring substituents is 1. The van der Waals surface area contributed by atoms with Crippen molar-refractivity contribution in [2.24, 2.45) is 5.41 Å². The second-order valence-corrected chi connectivity index (χ2v) is 9.56. The van der Waals surface area contributed by atoms with E-state index in [1.165, 1.54) is 30.3 Å². The van der Waals surface area contributed by atoms with Crippen molar-refractivity contribution in [2.45, 2.75) is 38.2 Å². The summed E-state index contributed by atoms with van der Waals surface area (Å²) in [6, 6.07) is 12.5. The smallest absolute Gasteiger partial charge is 0.271 e.